The highest BCUT2D eigenvalue weighted by Gasteiger charge is 2.19. The molecule has 0 bridgehead atoms. The highest BCUT2D eigenvalue weighted by atomic mass is 35.5. The van der Waals surface area contributed by atoms with Gasteiger partial charge in [-0.1, -0.05) is 11.6 Å². The number of carbonyl (C=O) groups excluding carboxylic acids is 1. The van der Waals surface area contributed by atoms with Gasteiger partial charge in [0.2, 0.25) is 5.91 Å². The second-order valence-electron chi connectivity index (χ2n) is 6.91. The van der Waals surface area contributed by atoms with Gasteiger partial charge < -0.3 is 10.3 Å². The van der Waals surface area contributed by atoms with Crippen molar-refractivity contribution >= 4 is 44.7 Å². The smallest absolute Gasteiger partial charge is 0.259 e. The number of halogens is 1. The number of nitrogens with zero attached hydrogens (tertiary/aromatic N) is 1. The van der Waals surface area contributed by atoms with E-state index in [1.165, 1.54) is 16.9 Å². The van der Waals surface area contributed by atoms with Gasteiger partial charge in [0.15, 0.2) is 0 Å². The number of nitrogens with one attached hydrogen (secondary N) is 2. The molecule has 0 saturated carbocycles. The molecule has 0 aliphatic heterocycles. The lowest BCUT2D eigenvalue weighted by atomic mass is 9.97. The molecule has 1 aliphatic rings. The zero-order valence-electron chi connectivity index (χ0n) is 15.0. The number of hydrogen-bond donors (Lipinski definition) is 2. The van der Waals surface area contributed by atoms with Crippen LogP contribution in [0.3, 0.4) is 0 Å². The summed E-state index contributed by atoms with van der Waals surface area (Å²) in [6, 6.07) is 5.34. The Morgan fingerprint density at radius 1 is 1.33 bits per heavy atom. The van der Waals surface area contributed by atoms with Gasteiger partial charge in [-0.15, -0.1) is 11.3 Å². The summed E-state index contributed by atoms with van der Waals surface area (Å²) in [5, 5.41) is 4.27. The summed E-state index contributed by atoms with van der Waals surface area (Å²) < 4.78 is 0. The number of thiophene rings is 1. The van der Waals surface area contributed by atoms with Crippen LogP contribution in [0.4, 0.5) is 5.69 Å². The van der Waals surface area contributed by atoms with Crippen molar-refractivity contribution < 1.29 is 4.79 Å². The van der Waals surface area contributed by atoms with E-state index in [1.807, 2.05) is 13.0 Å². The molecule has 4 rings (SSSR count). The van der Waals surface area contributed by atoms with Gasteiger partial charge in [-0.3, -0.25) is 9.59 Å². The van der Waals surface area contributed by atoms with Crippen molar-refractivity contribution in [2.45, 2.75) is 45.4 Å². The third kappa shape index (κ3) is 3.77. The molecule has 3 aromatic rings. The molecule has 0 radical (unpaired) electrons. The van der Waals surface area contributed by atoms with Crippen molar-refractivity contribution in [2.24, 2.45) is 0 Å². The number of benzene rings is 1. The van der Waals surface area contributed by atoms with Crippen LogP contribution in [0.25, 0.3) is 10.2 Å². The fraction of sp³-hybridized carbons (Fsp3) is 0.350. The minimum absolute atomic E-state index is 0.0802. The number of carbonyl (C=O) groups is 1. The zero-order valence-corrected chi connectivity index (χ0v) is 16.6. The lowest BCUT2D eigenvalue weighted by Crippen LogP contribution is -2.17. The average Bonchev–Trinajstić information content (AvgIpc) is 3.01. The van der Waals surface area contributed by atoms with Crippen LogP contribution in [0.2, 0.25) is 5.02 Å². The van der Waals surface area contributed by atoms with Gasteiger partial charge in [0.25, 0.3) is 5.56 Å². The van der Waals surface area contributed by atoms with Crippen molar-refractivity contribution in [2.75, 3.05) is 5.32 Å². The minimum Gasteiger partial charge on any atom is -0.326 e. The van der Waals surface area contributed by atoms with Crippen LogP contribution in [0, 0.1) is 6.92 Å². The minimum atomic E-state index is -0.117. The molecule has 1 amide bonds. The molecule has 2 heterocycles. The van der Waals surface area contributed by atoms with Crippen molar-refractivity contribution in [1.29, 1.82) is 0 Å². The normalized spacial score (nSPS) is 13.6. The molecule has 0 atom stereocenters. The second-order valence-corrected chi connectivity index (χ2v) is 8.43. The van der Waals surface area contributed by atoms with Crippen LogP contribution < -0.4 is 10.9 Å². The van der Waals surface area contributed by atoms with E-state index in [-0.39, 0.29) is 17.9 Å². The number of rotatable bonds is 4. The number of fused-ring (bicyclic) bond motifs is 3. The van der Waals surface area contributed by atoms with E-state index < -0.39 is 0 Å². The Balaban J connectivity index is 1.48. The van der Waals surface area contributed by atoms with E-state index in [1.54, 1.807) is 23.5 Å². The molecule has 1 aromatic carbocycles. The van der Waals surface area contributed by atoms with Crippen molar-refractivity contribution in [3.63, 3.8) is 0 Å². The Morgan fingerprint density at radius 2 is 2.15 bits per heavy atom. The van der Waals surface area contributed by atoms with E-state index in [0.29, 0.717) is 17.3 Å². The fourth-order valence-electron chi connectivity index (χ4n) is 3.54. The summed E-state index contributed by atoms with van der Waals surface area (Å²) in [6.07, 6.45) is 4.95. The highest BCUT2D eigenvalue weighted by Crippen LogP contribution is 2.33. The average molecular weight is 402 g/mol. The van der Waals surface area contributed by atoms with Crippen molar-refractivity contribution in [1.82, 2.24) is 9.97 Å². The quantitative estimate of drug-likeness (QED) is 0.680. The van der Waals surface area contributed by atoms with Crippen molar-refractivity contribution in [3.8, 4) is 0 Å². The molecule has 7 heteroatoms. The lowest BCUT2D eigenvalue weighted by molar-refractivity contribution is -0.116. The fourth-order valence-corrected chi connectivity index (χ4v) is 5.05. The molecule has 0 saturated heterocycles. The maximum atomic E-state index is 12.5. The number of anilines is 1. The maximum Gasteiger partial charge on any atom is 0.259 e. The van der Waals surface area contributed by atoms with Crippen LogP contribution in [-0.2, 0) is 24.1 Å². The predicted octanol–water partition coefficient (Wildman–Crippen LogP) is 4.40. The van der Waals surface area contributed by atoms with Crippen LogP contribution >= 0.6 is 22.9 Å². The number of aryl methyl sites for hydroxylation is 4. The van der Waals surface area contributed by atoms with Crippen LogP contribution in [-0.4, -0.2) is 15.9 Å². The summed E-state index contributed by atoms with van der Waals surface area (Å²) in [4.78, 5) is 34.4. The first-order valence-electron chi connectivity index (χ1n) is 9.10. The van der Waals surface area contributed by atoms with Crippen LogP contribution in [0.15, 0.2) is 23.0 Å². The summed E-state index contributed by atoms with van der Waals surface area (Å²) in [5.41, 5.74) is 2.75. The topological polar surface area (TPSA) is 74.8 Å². The number of H-pyrrole nitrogens is 1. The van der Waals surface area contributed by atoms with Gasteiger partial charge in [-0.25, -0.2) is 4.98 Å². The molecule has 2 N–H and O–H groups in total. The Kier molecular flexibility index (Phi) is 5.02. The largest absolute Gasteiger partial charge is 0.326 e. The van der Waals surface area contributed by atoms with Crippen LogP contribution in [0.5, 0.6) is 0 Å². The summed E-state index contributed by atoms with van der Waals surface area (Å²) in [6.45, 7) is 1.90. The Labute approximate surface area is 165 Å². The predicted molar refractivity (Wildman–Crippen MR) is 110 cm³/mol. The molecular weight excluding hydrogens is 382 g/mol. The number of amides is 1. The first kappa shape index (κ1) is 18.2. The molecular formula is C20H20ClN3O2S. The standard InChI is InChI=1S/C20H20ClN3O2S/c1-11-10-12(21)6-7-14(11)22-17(25)9-8-16-23-19(26)18-13-4-2-3-5-15(13)27-20(18)24-16/h6-7,10H,2-5,8-9H2,1H3,(H,22,25)(H,23,24,26). The summed E-state index contributed by atoms with van der Waals surface area (Å²) >= 11 is 7.57. The van der Waals surface area contributed by atoms with Gasteiger partial charge in [0.1, 0.15) is 10.7 Å². The SMILES string of the molecule is Cc1cc(Cl)ccc1NC(=O)CCc1nc2sc3c(c2c(=O)[nH]1)CCCC3. The molecule has 0 fully saturated rings. The van der Waals surface area contributed by atoms with E-state index in [9.17, 15) is 9.59 Å². The Bertz CT molecular complexity index is 1090. The maximum absolute atomic E-state index is 12.5. The Hall–Kier alpha value is -2.18. The Morgan fingerprint density at radius 3 is 2.96 bits per heavy atom. The van der Waals surface area contributed by atoms with Crippen LogP contribution in [0.1, 0.15) is 41.1 Å². The number of hydrogen-bond acceptors (Lipinski definition) is 4. The van der Waals surface area contributed by atoms with Crippen molar-refractivity contribution in [3.05, 3.63) is 55.4 Å². The van der Waals surface area contributed by atoms with E-state index >= 15 is 0 Å². The monoisotopic (exact) mass is 401 g/mol. The highest BCUT2D eigenvalue weighted by molar-refractivity contribution is 7.18. The first-order valence-corrected chi connectivity index (χ1v) is 10.3. The molecule has 0 unspecified atom stereocenters. The van der Waals surface area contributed by atoms with Gasteiger partial charge >= 0.3 is 0 Å². The van der Waals surface area contributed by atoms with Gasteiger partial charge in [0.05, 0.1) is 5.39 Å². The van der Waals surface area contributed by atoms with E-state index in [0.717, 1.165) is 40.7 Å². The number of aromatic amines is 1. The van der Waals surface area contributed by atoms with Gasteiger partial charge in [0, 0.05) is 28.4 Å². The summed E-state index contributed by atoms with van der Waals surface area (Å²) in [5.74, 6) is 0.447. The van der Waals surface area contributed by atoms with Gasteiger partial charge in [-0.2, -0.15) is 0 Å². The third-order valence-corrected chi connectivity index (χ3v) is 6.35. The van der Waals surface area contributed by atoms with E-state index in [2.05, 4.69) is 15.3 Å². The van der Waals surface area contributed by atoms with E-state index in [4.69, 9.17) is 11.6 Å². The summed E-state index contributed by atoms with van der Waals surface area (Å²) in [7, 11) is 0. The third-order valence-electron chi connectivity index (χ3n) is 4.93. The molecule has 2 aromatic heterocycles. The lowest BCUT2D eigenvalue weighted by Gasteiger charge is -2.09. The second kappa shape index (κ2) is 7.44. The first-order chi connectivity index (χ1) is 13.0. The molecule has 1 aliphatic carbocycles. The van der Waals surface area contributed by atoms with Gasteiger partial charge in [-0.05, 0) is 61.9 Å². The molecule has 140 valence electrons. The molecule has 5 nitrogen and oxygen atoms in total. The molecule has 0 spiro atoms. The zero-order chi connectivity index (χ0) is 19.0. The molecule has 27 heavy (non-hydrogen) atoms. The number of aromatic nitrogens is 2.